The number of benzene rings is 1. The Morgan fingerprint density at radius 2 is 2.12 bits per heavy atom. The molecule has 0 saturated carbocycles. The molecular weight excluding hydrogens is 240 g/mol. The van der Waals surface area contributed by atoms with E-state index in [0.29, 0.717) is 11.4 Å². The molecule has 17 heavy (non-hydrogen) atoms. The van der Waals surface area contributed by atoms with Gasteiger partial charge in [-0.2, -0.15) is 0 Å². The summed E-state index contributed by atoms with van der Waals surface area (Å²) in [4.78, 5) is 23.3. The summed E-state index contributed by atoms with van der Waals surface area (Å²) in [5, 5.41) is 0.585. The number of methoxy groups -OCH3 is 1. The van der Waals surface area contributed by atoms with E-state index in [9.17, 15) is 9.59 Å². The molecule has 92 valence electrons. The minimum Gasteiger partial charge on any atom is -0.468 e. The lowest BCUT2D eigenvalue weighted by Gasteiger charge is -2.11. The molecule has 4 heteroatoms. The molecule has 0 fully saturated rings. The van der Waals surface area contributed by atoms with Gasteiger partial charge in [-0.25, -0.2) is 0 Å². The summed E-state index contributed by atoms with van der Waals surface area (Å²) in [6.45, 7) is 1.79. The van der Waals surface area contributed by atoms with E-state index in [1.165, 1.54) is 7.11 Å². The van der Waals surface area contributed by atoms with Crippen LogP contribution in [-0.2, 0) is 20.7 Å². The van der Waals surface area contributed by atoms with Gasteiger partial charge in [0.2, 0.25) is 0 Å². The summed E-state index contributed by atoms with van der Waals surface area (Å²) in [5.74, 6) is -1.29. The third-order valence-electron chi connectivity index (χ3n) is 2.55. The van der Waals surface area contributed by atoms with Crippen molar-refractivity contribution in [2.24, 2.45) is 5.92 Å². The van der Waals surface area contributed by atoms with Gasteiger partial charge in [0.15, 0.2) is 5.78 Å². The number of ketones is 1. The fraction of sp³-hybridized carbons (Fsp3) is 0.385. The van der Waals surface area contributed by atoms with Crippen molar-refractivity contribution < 1.29 is 14.3 Å². The van der Waals surface area contributed by atoms with Gasteiger partial charge in [0.1, 0.15) is 5.92 Å². The van der Waals surface area contributed by atoms with Crippen LogP contribution in [0.25, 0.3) is 0 Å². The number of hydrogen-bond acceptors (Lipinski definition) is 3. The minimum atomic E-state index is -0.681. The van der Waals surface area contributed by atoms with E-state index >= 15 is 0 Å². The summed E-state index contributed by atoms with van der Waals surface area (Å²) in [6.07, 6.45) is 0.653. The van der Waals surface area contributed by atoms with E-state index in [0.717, 1.165) is 5.56 Å². The molecule has 1 aromatic carbocycles. The second-order valence-corrected chi connectivity index (χ2v) is 4.19. The van der Waals surface area contributed by atoms with Gasteiger partial charge in [0.05, 0.1) is 7.11 Å². The highest BCUT2D eigenvalue weighted by molar-refractivity contribution is 6.30. The first-order valence-electron chi connectivity index (χ1n) is 5.43. The Labute approximate surface area is 106 Å². The molecule has 3 nitrogen and oxygen atoms in total. The molecule has 0 heterocycles. The summed E-state index contributed by atoms with van der Waals surface area (Å²) in [6, 6.07) is 7.06. The molecule has 0 radical (unpaired) electrons. The Morgan fingerprint density at radius 1 is 1.41 bits per heavy atom. The zero-order valence-corrected chi connectivity index (χ0v) is 10.7. The Kier molecular flexibility index (Phi) is 5.16. The van der Waals surface area contributed by atoms with Crippen LogP contribution in [0.15, 0.2) is 24.3 Å². The molecule has 0 aliphatic carbocycles. The summed E-state index contributed by atoms with van der Waals surface area (Å²) < 4.78 is 4.60. The van der Waals surface area contributed by atoms with Crippen LogP contribution in [0, 0.1) is 5.92 Å². The highest BCUT2D eigenvalue weighted by Crippen LogP contribution is 2.15. The normalized spacial score (nSPS) is 11.9. The first kappa shape index (κ1) is 13.7. The van der Waals surface area contributed by atoms with E-state index in [-0.39, 0.29) is 12.2 Å². The molecule has 0 amide bonds. The minimum absolute atomic E-state index is 0.137. The smallest absolute Gasteiger partial charge is 0.316 e. The Bertz CT molecular complexity index is 415. The van der Waals surface area contributed by atoms with E-state index in [4.69, 9.17) is 11.6 Å². The van der Waals surface area contributed by atoms with Crippen LogP contribution in [-0.4, -0.2) is 18.9 Å². The van der Waals surface area contributed by atoms with Crippen molar-refractivity contribution in [2.75, 3.05) is 7.11 Å². The van der Waals surface area contributed by atoms with Crippen LogP contribution >= 0.6 is 11.6 Å². The molecule has 0 N–H and O–H groups in total. The van der Waals surface area contributed by atoms with Crippen LogP contribution in [0.5, 0.6) is 0 Å². The fourth-order valence-electron chi connectivity index (χ4n) is 1.64. The standard InChI is InChI=1S/C13H15ClO3/c1-3-11(13(16)17-2)12(15)8-9-5-4-6-10(14)7-9/h4-7,11H,3,8H2,1-2H3. The SMILES string of the molecule is CCC(C(=O)Cc1cccc(Cl)c1)C(=O)OC. The molecule has 0 bridgehead atoms. The third kappa shape index (κ3) is 3.86. The van der Waals surface area contributed by atoms with Crippen molar-refractivity contribution in [2.45, 2.75) is 19.8 Å². The van der Waals surface area contributed by atoms with Gasteiger partial charge < -0.3 is 4.74 Å². The van der Waals surface area contributed by atoms with Gasteiger partial charge >= 0.3 is 5.97 Å². The van der Waals surface area contributed by atoms with Gasteiger partial charge in [-0.15, -0.1) is 0 Å². The van der Waals surface area contributed by atoms with Crippen molar-refractivity contribution in [3.63, 3.8) is 0 Å². The highest BCUT2D eigenvalue weighted by atomic mass is 35.5. The number of halogens is 1. The molecule has 1 rings (SSSR count). The zero-order chi connectivity index (χ0) is 12.8. The molecule has 0 aliphatic heterocycles. The molecule has 1 unspecified atom stereocenters. The van der Waals surface area contributed by atoms with Crippen molar-refractivity contribution in [1.29, 1.82) is 0 Å². The molecular formula is C13H15ClO3. The molecule has 1 aromatic rings. The van der Waals surface area contributed by atoms with Gasteiger partial charge in [0, 0.05) is 11.4 Å². The van der Waals surface area contributed by atoms with E-state index in [1.807, 2.05) is 6.07 Å². The highest BCUT2D eigenvalue weighted by Gasteiger charge is 2.25. The number of rotatable bonds is 5. The average molecular weight is 255 g/mol. The lowest BCUT2D eigenvalue weighted by Crippen LogP contribution is -2.26. The largest absolute Gasteiger partial charge is 0.468 e. The van der Waals surface area contributed by atoms with Gasteiger partial charge in [-0.05, 0) is 24.1 Å². The second kappa shape index (κ2) is 6.40. The lowest BCUT2D eigenvalue weighted by molar-refractivity contribution is -0.149. The van der Waals surface area contributed by atoms with Crippen molar-refractivity contribution >= 4 is 23.4 Å². The number of Topliss-reactive ketones (excluding diaryl/α,β-unsaturated/α-hetero) is 1. The van der Waals surface area contributed by atoms with Crippen LogP contribution in [0.1, 0.15) is 18.9 Å². The quantitative estimate of drug-likeness (QED) is 0.599. The summed E-state index contributed by atoms with van der Waals surface area (Å²) in [5.41, 5.74) is 0.810. The predicted octanol–water partition coefficient (Wildman–Crippen LogP) is 2.65. The summed E-state index contributed by atoms with van der Waals surface area (Å²) in [7, 11) is 1.29. The molecule has 0 aromatic heterocycles. The molecule has 1 atom stereocenters. The summed E-state index contributed by atoms with van der Waals surface area (Å²) >= 11 is 5.83. The topological polar surface area (TPSA) is 43.4 Å². The second-order valence-electron chi connectivity index (χ2n) is 3.76. The maximum Gasteiger partial charge on any atom is 0.316 e. The first-order chi connectivity index (χ1) is 8.08. The molecule has 0 spiro atoms. The van der Waals surface area contributed by atoms with E-state index < -0.39 is 11.9 Å². The zero-order valence-electron chi connectivity index (χ0n) is 9.90. The van der Waals surface area contributed by atoms with Gasteiger partial charge in [-0.3, -0.25) is 9.59 Å². The third-order valence-corrected chi connectivity index (χ3v) is 2.79. The Hall–Kier alpha value is -1.35. The number of esters is 1. The van der Waals surface area contributed by atoms with Crippen LogP contribution in [0.4, 0.5) is 0 Å². The molecule has 0 saturated heterocycles. The van der Waals surface area contributed by atoms with Gasteiger partial charge in [0.25, 0.3) is 0 Å². The number of hydrogen-bond donors (Lipinski definition) is 0. The van der Waals surface area contributed by atoms with Gasteiger partial charge in [-0.1, -0.05) is 30.7 Å². The molecule has 0 aliphatic rings. The number of carbonyl (C=O) groups is 2. The number of carbonyl (C=O) groups excluding carboxylic acids is 2. The maximum absolute atomic E-state index is 11.9. The van der Waals surface area contributed by atoms with Crippen LogP contribution in [0.2, 0.25) is 5.02 Å². The predicted molar refractivity (Wildman–Crippen MR) is 66.0 cm³/mol. The maximum atomic E-state index is 11.9. The fourth-order valence-corrected chi connectivity index (χ4v) is 1.85. The van der Waals surface area contributed by atoms with Crippen molar-refractivity contribution in [3.05, 3.63) is 34.9 Å². The first-order valence-corrected chi connectivity index (χ1v) is 5.81. The van der Waals surface area contributed by atoms with Crippen LogP contribution in [0.3, 0.4) is 0 Å². The van der Waals surface area contributed by atoms with Crippen molar-refractivity contribution in [1.82, 2.24) is 0 Å². The van der Waals surface area contributed by atoms with Crippen LogP contribution < -0.4 is 0 Å². The average Bonchev–Trinajstić information content (AvgIpc) is 2.29. The van der Waals surface area contributed by atoms with E-state index in [2.05, 4.69) is 4.74 Å². The van der Waals surface area contributed by atoms with E-state index in [1.54, 1.807) is 25.1 Å². The number of ether oxygens (including phenoxy) is 1. The lowest BCUT2D eigenvalue weighted by atomic mass is 9.96. The Morgan fingerprint density at radius 3 is 2.65 bits per heavy atom. The monoisotopic (exact) mass is 254 g/mol. The van der Waals surface area contributed by atoms with Crippen molar-refractivity contribution in [3.8, 4) is 0 Å². The Balaban J connectivity index is 2.74.